The van der Waals surface area contributed by atoms with E-state index in [1.807, 2.05) is 0 Å². The molecule has 3 saturated carbocycles. The number of hydrogen-bond donors (Lipinski definition) is 1. The second-order valence-electron chi connectivity index (χ2n) is 8.33. The first-order chi connectivity index (χ1) is 9.77. The summed E-state index contributed by atoms with van der Waals surface area (Å²) >= 11 is 0. The molecule has 0 aliphatic heterocycles. The molecule has 1 N–H and O–H groups in total. The molecule has 0 aromatic heterocycles. The van der Waals surface area contributed by atoms with Crippen LogP contribution in [-0.4, -0.2) is 10.7 Å². The van der Waals surface area contributed by atoms with E-state index in [1.54, 1.807) is 0 Å². The van der Waals surface area contributed by atoms with Crippen LogP contribution in [0.25, 0.3) is 0 Å². The van der Waals surface area contributed by atoms with Gasteiger partial charge in [-0.15, -0.1) is 0 Å². The SMILES string of the molecule is C=C1CCC2C(C3C1CCC3(C)O)C2(C)C=CC=C(C)C. The largest absolute Gasteiger partial charge is 0.390 e. The molecule has 0 aromatic rings. The number of rotatable bonds is 2. The second kappa shape index (κ2) is 4.84. The van der Waals surface area contributed by atoms with Crippen molar-refractivity contribution >= 4 is 0 Å². The first-order valence-electron chi connectivity index (χ1n) is 8.50. The molecule has 6 unspecified atom stereocenters. The van der Waals surface area contributed by atoms with E-state index in [4.69, 9.17) is 0 Å². The van der Waals surface area contributed by atoms with Crippen molar-refractivity contribution in [3.8, 4) is 0 Å². The van der Waals surface area contributed by atoms with Crippen molar-refractivity contribution in [2.45, 2.75) is 59.0 Å². The van der Waals surface area contributed by atoms with Crippen molar-refractivity contribution in [3.05, 3.63) is 36.0 Å². The molecular weight excluding hydrogens is 256 g/mol. The molecule has 1 nitrogen and oxygen atoms in total. The molecular formula is C20H30O. The van der Waals surface area contributed by atoms with Crippen LogP contribution >= 0.6 is 0 Å². The molecule has 0 saturated heterocycles. The Labute approximate surface area is 129 Å². The van der Waals surface area contributed by atoms with Crippen LogP contribution < -0.4 is 0 Å². The molecule has 3 fully saturated rings. The van der Waals surface area contributed by atoms with Gasteiger partial charge in [0, 0.05) is 0 Å². The zero-order valence-electron chi connectivity index (χ0n) is 14.0. The van der Waals surface area contributed by atoms with E-state index in [0.717, 1.165) is 25.2 Å². The lowest BCUT2D eigenvalue weighted by atomic mass is 9.77. The fourth-order valence-electron chi connectivity index (χ4n) is 5.32. The summed E-state index contributed by atoms with van der Waals surface area (Å²) in [6.45, 7) is 13.1. The Morgan fingerprint density at radius 3 is 2.62 bits per heavy atom. The third-order valence-electron chi connectivity index (χ3n) is 6.53. The Morgan fingerprint density at radius 2 is 1.95 bits per heavy atom. The number of hydrogen-bond acceptors (Lipinski definition) is 1. The smallest absolute Gasteiger partial charge is 0.0656 e. The quantitative estimate of drug-likeness (QED) is 0.566. The van der Waals surface area contributed by atoms with E-state index < -0.39 is 5.60 Å². The van der Waals surface area contributed by atoms with Crippen LogP contribution in [0.2, 0.25) is 0 Å². The highest BCUT2D eigenvalue weighted by atomic mass is 16.3. The molecule has 6 atom stereocenters. The summed E-state index contributed by atoms with van der Waals surface area (Å²) in [5.74, 6) is 2.34. The van der Waals surface area contributed by atoms with Gasteiger partial charge in [0.25, 0.3) is 0 Å². The maximum atomic E-state index is 10.9. The molecule has 116 valence electrons. The third kappa shape index (κ3) is 2.34. The van der Waals surface area contributed by atoms with Crippen LogP contribution in [0.4, 0.5) is 0 Å². The van der Waals surface area contributed by atoms with Crippen LogP contribution in [0, 0.1) is 29.1 Å². The highest BCUT2D eigenvalue weighted by Gasteiger charge is 2.68. The van der Waals surface area contributed by atoms with Crippen molar-refractivity contribution < 1.29 is 5.11 Å². The molecule has 3 aliphatic carbocycles. The van der Waals surface area contributed by atoms with Crippen molar-refractivity contribution in [1.82, 2.24) is 0 Å². The second-order valence-corrected chi connectivity index (χ2v) is 8.33. The molecule has 0 radical (unpaired) electrons. The molecule has 3 aliphatic rings. The van der Waals surface area contributed by atoms with Gasteiger partial charge in [0.2, 0.25) is 0 Å². The van der Waals surface area contributed by atoms with Gasteiger partial charge >= 0.3 is 0 Å². The Kier molecular flexibility index (Phi) is 3.48. The van der Waals surface area contributed by atoms with E-state index in [2.05, 4.69) is 52.5 Å². The Bertz CT molecular complexity index is 506. The zero-order chi connectivity index (χ0) is 15.4. The van der Waals surface area contributed by atoms with Crippen LogP contribution in [0.15, 0.2) is 36.0 Å². The molecule has 3 rings (SSSR count). The van der Waals surface area contributed by atoms with Crippen LogP contribution in [0.1, 0.15) is 53.4 Å². The molecule has 1 heteroatoms. The van der Waals surface area contributed by atoms with Gasteiger partial charge in [0.15, 0.2) is 0 Å². The molecule has 21 heavy (non-hydrogen) atoms. The van der Waals surface area contributed by atoms with Gasteiger partial charge in [-0.1, -0.05) is 42.9 Å². The van der Waals surface area contributed by atoms with Gasteiger partial charge in [0.05, 0.1) is 5.60 Å². The van der Waals surface area contributed by atoms with Gasteiger partial charge < -0.3 is 5.11 Å². The highest BCUT2D eigenvalue weighted by Crippen LogP contribution is 2.72. The molecule has 0 bridgehead atoms. The van der Waals surface area contributed by atoms with Crippen molar-refractivity contribution in [3.63, 3.8) is 0 Å². The van der Waals surface area contributed by atoms with E-state index >= 15 is 0 Å². The van der Waals surface area contributed by atoms with Gasteiger partial charge in [-0.25, -0.2) is 0 Å². The standard InChI is InChI=1S/C20H30O/c1-13(2)7-6-11-19(4)16-9-8-14(3)15-10-12-20(5,21)17(15)18(16)19/h6-7,11,15-18,21H,3,8-10,12H2,1-2,4-5H3. The molecule has 0 heterocycles. The summed E-state index contributed by atoms with van der Waals surface area (Å²) in [6.07, 6.45) is 11.3. The normalized spacial score (nSPS) is 48.7. The zero-order valence-corrected chi connectivity index (χ0v) is 14.0. The maximum absolute atomic E-state index is 10.9. The van der Waals surface area contributed by atoms with Crippen molar-refractivity contribution in [2.24, 2.45) is 29.1 Å². The lowest BCUT2D eigenvalue weighted by Gasteiger charge is -2.31. The summed E-state index contributed by atoms with van der Waals surface area (Å²) in [7, 11) is 0. The van der Waals surface area contributed by atoms with Gasteiger partial charge in [0.1, 0.15) is 0 Å². The lowest BCUT2D eigenvalue weighted by Crippen LogP contribution is -2.35. The average Bonchev–Trinajstić information content (AvgIpc) is 2.86. The summed E-state index contributed by atoms with van der Waals surface area (Å²) in [4.78, 5) is 0. The number of allylic oxidation sites excluding steroid dienone is 5. The van der Waals surface area contributed by atoms with E-state index in [1.165, 1.54) is 17.6 Å². The van der Waals surface area contributed by atoms with Gasteiger partial charge in [-0.3, -0.25) is 0 Å². The Hall–Kier alpha value is -0.820. The number of aliphatic hydroxyl groups is 1. The topological polar surface area (TPSA) is 20.2 Å². The predicted molar refractivity (Wildman–Crippen MR) is 88.9 cm³/mol. The minimum atomic E-state index is -0.497. The summed E-state index contributed by atoms with van der Waals surface area (Å²) in [5, 5.41) is 10.9. The van der Waals surface area contributed by atoms with E-state index in [0.29, 0.717) is 17.8 Å². The van der Waals surface area contributed by atoms with Crippen molar-refractivity contribution in [2.75, 3.05) is 0 Å². The predicted octanol–water partition coefficient (Wildman–Crippen LogP) is 4.89. The maximum Gasteiger partial charge on any atom is 0.0656 e. The summed E-state index contributed by atoms with van der Waals surface area (Å²) in [5.41, 5.74) is 2.53. The first kappa shape index (κ1) is 15.1. The third-order valence-corrected chi connectivity index (χ3v) is 6.53. The van der Waals surface area contributed by atoms with Crippen LogP contribution in [-0.2, 0) is 0 Å². The fraction of sp³-hybridized carbons (Fsp3) is 0.700. The first-order valence-corrected chi connectivity index (χ1v) is 8.50. The number of fused-ring (bicyclic) bond motifs is 3. The molecule has 0 amide bonds. The van der Waals surface area contributed by atoms with E-state index in [-0.39, 0.29) is 5.41 Å². The van der Waals surface area contributed by atoms with Crippen molar-refractivity contribution in [1.29, 1.82) is 0 Å². The van der Waals surface area contributed by atoms with Gasteiger partial charge in [-0.05, 0) is 75.5 Å². The average molecular weight is 286 g/mol. The van der Waals surface area contributed by atoms with E-state index in [9.17, 15) is 5.11 Å². The Morgan fingerprint density at radius 1 is 1.24 bits per heavy atom. The summed E-state index contributed by atoms with van der Waals surface area (Å²) in [6, 6.07) is 0. The minimum Gasteiger partial charge on any atom is -0.390 e. The Balaban J connectivity index is 1.89. The highest BCUT2D eigenvalue weighted by molar-refractivity contribution is 5.29. The van der Waals surface area contributed by atoms with Crippen LogP contribution in [0.5, 0.6) is 0 Å². The van der Waals surface area contributed by atoms with Crippen LogP contribution in [0.3, 0.4) is 0 Å². The monoisotopic (exact) mass is 286 g/mol. The van der Waals surface area contributed by atoms with Gasteiger partial charge in [-0.2, -0.15) is 0 Å². The molecule has 0 aromatic carbocycles. The summed E-state index contributed by atoms with van der Waals surface area (Å²) < 4.78 is 0. The molecule has 0 spiro atoms. The fourth-order valence-corrected chi connectivity index (χ4v) is 5.32. The lowest BCUT2D eigenvalue weighted by molar-refractivity contribution is -0.000466. The minimum absolute atomic E-state index is 0.282.